The molecular formula is C22H32O5. The van der Waals surface area contributed by atoms with E-state index in [9.17, 15) is 24.9 Å². The first-order valence-corrected chi connectivity index (χ1v) is 10.4. The summed E-state index contributed by atoms with van der Waals surface area (Å²) in [6.07, 6.45) is 3.79. The predicted molar refractivity (Wildman–Crippen MR) is 99.8 cm³/mol. The molecule has 0 bridgehead atoms. The van der Waals surface area contributed by atoms with Gasteiger partial charge < -0.3 is 15.3 Å². The maximum atomic E-state index is 12.2. The van der Waals surface area contributed by atoms with Crippen molar-refractivity contribution in [1.82, 2.24) is 0 Å². The van der Waals surface area contributed by atoms with E-state index in [-0.39, 0.29) is 22.5 Å². The minimum Gasteiger partial charge on any atom is -0.481 e. The third-order valence-electron chi connectivity index (χ3n) is 8.86. The van der Waals surface area contributed by atoms with E-state index in [1.807, 2.05) is 0 Å². The van der Waals surface area contributed by atoms with Crippen LogP contribution in [0.15, 0.2) is 11.1 Å². The Kier molecular flexibility index (Phi) is 4.36. The number of carbonyl (C=O) groups is 2. The Labute approximate surface area is 160 Å². The molecule has 8 atom stereocenters. The number of aliphatic carboxylic acids is 1. The first-order valence-electron chi connectivity index (χ1n) is 10.4. The van der Waals surface area contributed by atoms with Gasteiger partial charge in [0.25, 0.3) is 0 Å². The van der Waals surface area contributed by atoms with Crippen molar-refractivity contribution >= 4 is 11.8 Å². The van der Waals surface area contributed by atoms with Crippen LogP contribution in [0.5, 0.6) is 0 Å². The minimum absolute atomic E-state index is 0.0338. The van der Waals surface area contributed by atoms with Gasteiger partial charge >= 0.3 is 5.97 Å². The van der Waals surface area contributed by atoms with Crippen LogP contribution in [-0.2, 0) is 9.59 Å². The van der Waals surface area contributed by atoms with Crippen molar-refractivity contribution in [2.24, 2.45) is 34.5 Å². The second kappa shape index (κ2) is 6.15. The molecule has 0 aromatic rings. The van der Waals surface area contributed by atoms with Crippen LogP contribution < -0.4 is 0 Å². The number of hydrogen-bond donors (Lipinski definition) is 3. The number of Topliss-reactive ketones (excluding diaryl/α,β-unsaturated/α-hetero) is 1. The maximum absolute atomic E-state index is 12.2. The molecule has 4 aliphatic carbocycles. The first kappa shape index (κ1) is 19.1. The number of ketones is 1. The highest BCUT2D eigenvalue weighted by Crippen LogP contribution is 2.65. The largest absolute Gasteiger partial charge is 0.481 e. The van der Waals surface area contributed by atoms with Gasteiger partial charge in [0, 0.05) is 11.8 Å². The van der Waals surface area contributed by atoms with Gasteiger partial charge in [-0.05, 0) is 68.6 Å². The van der Waals surface area contributed by atoms with Crippen LogP contribution in [0, 0.1) is 34.5 Å². The summed E-state index contributed by atoms with van der Waals surface area (Å²) in [6.45, 7) is 6.05. The molecule has 2 saturated carbocycles. The maximum Gasteiger partial charge on any atom is 0.309 e. The summed E-state index contributed by atoms with van der Waals surface area (Å²) in [5, 5.41) is 31.1. The molecule has 0 amide bonds. The zero-order chi connectivity index (χ0) is 19.7. The lowest BCUT2D eigenvalue weighted by atomic mass is 9.48. The number of hydrogen-bond acceptors (Lipinski definition) is 4. The number of carboxylic acid groups (broad SMARTS) is 1. The third kappa shape index (κ3) is 2.50. The van der Waals surface area contributed by atoms with E-state index >= 15 is 0 Å². The van der Waals surface area contributed by atoms with Gasteiger partial charge in [-0.15, -0.1) is 0 Å². The smallest absolute Gasteiger partial charge is 0.309 e. The fourth-order valence-electron chi connectivity index (χ4n) is 7.62. The van der Waals surface area contributed by atoms with E-state index in [4.69, 9.17) is 0 Å². The van der Waals surface area contributed by atoms with E-state index in [1.165, 1.54) is 11.1 Å². The Hall–Kier alpha value is -1.20. The number of carboxylic acids is 1. The lowest BCUT2D eigenvalue weighted by Crippen LogP contribution is -2.56. The molecule has 0 aromatic heterocycles. The Balaban J connectivity index is 1.78. The standard InChI is InChI=1S/C22H32O5/c1-11(23)13-4-5-14-12-10-17(25)19-18(20(26)27)16(24)7-9-22(19,3)15(12)6-8-21(13,14)2/h13-14,16-19,24-25H,4-10H2,1-3H3,(H,26,27)/t13-,14+,16+,17-,18-,19+,21-,22-/m1/s1. The van der Waals surface area contributed by atoms with E-state index in [0.29, 0.717) is 18.8 Å². The lowest BCUT2D eigenvalue weighted by Gasteiger charge is -2.57. The molecule has 0 spiro atoms. The van der Waals surface area contributed by atoms with Crippen LogP contribution in [-0.4, -0.2) is 39.3 Å². The normalized spacial score (nSPS) is 49.2. The van der Waals surface area contributed by atoms with E-state index in [2.05, 4.69) is 13.8 Å². The molecule has 0 radical (unpaired) electrons. The van der Waals surface area contributed by atoms with Crippen molar-refractivity contribution in [3.8, 4) is 0 Å². The van der Waals surface area contributed by atoms with Gasteiger partial charge in [0.2, 0.25) is 0 Å². The van der Waals surface area contributed by atoms with Gasteiger partial charge in [0.15, 0.2) is 0 Å². The number of rotatable bonds is 2. The first-order chi connectivity index (χ1) is 12.6. The van der Waals surface area contributed by atoms with Crippen molar-refractivity contribution in [2.45, 2.75) is 77.9 Å². The predicted octanol–water partition coefficient (Wildman–Crippen LogP) is 2.94. The number of fused-ring (bicyclic) bond motifs is 4. The van der Waals surface area contributed by atoms with E-state index < -0.39 is 30.0 Å². The molecule has 0 heterocycles. The van der Waals surface area contributed by atoms with Gasteiger partial charge in [-0.1, -0.05) is 25.0 Å². The van der Waals surface area contributed by atoms with Gasteiger partial charge in [-0.2, -0.15) is 0 Å². The molecule has 5 nitrogen and oxygen atoms in total. The molecule has 4 aliphatic rings. The average molecular weight is 376 g/mol. The highest BCUT2D eigenvalue weighted by Gasteiger charge is 2.60. The second-order valence-corrected chi connectivity index (χ2v) is 9.99. The second-order valence-electron chi connectivity index (χ2n) is 9.99. The summed E-state index contributed by atoms with van der Waals surface area (Å²) in [4.78, 5) is 24.1. The van der Waals surface area contributed by atoms with Crippen molar-refractivity contribution in [2.75, 3.05) is 0 Å². The Morgan fingerprint density at radius 2 is 1.74 bits per heavy atom. The van der Waals surface area contributed by atoms with Gasteiger partial charge in [0.1, 0.15) is 5.78 Å². The molecule has 3 N–H and O–H groups in total. The summed E-state index contributed by atoms with van der Waals surface area (Å²) in [6, 6.07) is 0. The van der Waals surface area contributed by atoms with Crippen LogP contribution in [0.4, 0.5) is 0 Å². The molecule has 0 unspecified atom stereocenters. The van der Waals surface area contributed by atoms with Gasteiger partial charge in [-0.25, -0.2) is 0 Å². The van der Waals surface area contributed by atoms with Gasteiger partial charge in [0.05, 0.1) is 18.1 Å². The molecule has 150 valence electrons. The summed E-state index contributed by atoms with van der Waals surface area (Å²) >= 11 is 0. The minimum atomic E-state index is -1.00. The van der Waals surface area contributed by atoms with E-state index in [1.54, 1.807) is 6.92 Å². The van der Waals surface area contributed by atoms with Crippen molar-refractivity contribution in [1.29, 1.82) is 0 Å². The quantitative estimate of drug-likeness (QED) is 0.644. The Morgan fingerprint density at radius 3 is 2.37 bits per heavy atom. The summed E-state index contributed by atoms with van der Waals surface area (Å²) in [5.41, 5.74) is 2.24. The highest BCUT2D eigenvalue weighted by molar-refractivity contribution is 5.80. The topological polar surface area (TPSA) is 94.8 Å². The number of aliphatic hydroxyl groups is 2. The Bertz CT molecular complexity index is 711. The van der Waals surface area contributed by atoms with Crippen LogP contribution in [0.3, 0.4) is 0 Å². The molecule has 2 fully saturated rings. The highest BCUT2D eigenvalue weighted by atomic mass is 16.4. The van der Waals surface area contributed by atoms with Crippen LogP contribution in [0.2, 0.25) is 0 Å². The number of carbonyl (C=O) groups excluding carboxylic acids is 1. The van der Waals surface area contributed by atoms with Crippen molar-refractivity contribution in [3.63, 3.8) is 0 Å². The summed E-state index contributed by atoms with van der Waals surface area (Å²) in [7, 11) is 0. The fourth-order valence-corrected chi connectivity index (χ4v) is 7.62. The van der Waals surface area contributed by atoms with Gasteiger partial charge in [-0.3, -0.25) is 9.59 Å². The van der Waals surface area contributed by atoms with Crippen molar-refractivity contribution < 1.29 is 24.9 Å². The molecule has 0 aliphatic heterocycles. The molecule has 0 aromatic carbocycles. The fraction of sp³-hybridized carbons (Fsp3) is 0.818. The SMILES string of the molecule is CC(=O)[C@H]1CC[C@H]2C3=C(CC[C@]12C)[C@@]1(C)CC[C@H](O)[C@@H](C(=O)O)[C@@H]1[C@H](O)C3. The molecule has 5 heteroatoms. The Morgan fingerprint density at radius 1 is 1.04 bits per heavy atom. The van der Waals surface area contributed by atoms with Crippen LogP contribution >= 0.6 is 0 Å². The molecule has 27 heavy (non-hydrogen) atoms. The molecule has 0 saturated heterocycles. The average Bonchev–Trinajstić information content (AvgIpc) is 2.93. The monoisotopic (exact) mass is 376 g/mol. The summed E-state index contributed by atoms with van der Waals surface area (Å²) < 4.78 is 0. The summed E-state index contributed by atoms with van der Waals surface area (Å²) in [5.74, 6) is -1.66. The van der Waals surface area contributed by atoms with Crippen LogP contribution in [0.1, 0.15) is 65.7 Å². The number of aliphatic hydroxyl groups excluding tert-OH is 2. The lowest BCUT2D eigenvalue weighted by molar-refractivity contribution is -0.164. The molecular weight excluding hydrogens is 344 g/mol. The number of allylic oxidation sites excluding steroid dienone is 1. The zero-order valence-corrected chi connectivity index (χ0v) is 16.6. The third-order valence-corrected chi connectivity index (χ3v) is 8.86. The zero-order valence-electron chi connectivity index (χ0n) is 16.6. The van der Waals surface area contributed by atoms with Crippen LogP contribution in [0.25, 0.3) is 0 Å². The van der Waals surface area contributed by atoms with Crippen molar-refractivity contribution in [3.05, 3.63) is 11.1 Å². The molecule has 4 rings (SSSR count). The van der Waals surface area contributed by atoms with E-state index in [0.717, 1.165) is 32.1 Å².